The maximum atomic E-state index is 15.0. The highest BCUT2D eigenvalue weighted by molar-refractivity contribution is 5.97. The van der Waals surface area contributed by atoms with Crippen LogP contribution in [0.1, 0.15) is 54.6 Å². The summed E-state index contributed by atoms with van der Waals surface area (Å²) < 4.78 is 50.2. The van der Waals surface area contributed by atoms with Gasteiger partial charge in [-0.3, -0.25) is 30.2 Å². The maximum Gasteiger partial charge on any atom is 0.317 e. The van der Waals surface area contributed by atoms with Crippen LogP contribution >= 0.6 is 0 Å². The van der Waals surface area contributed by atoms with Crippen LogP contribution in [0, 0.1) is 37.2 Å². The van der Waals surface area contributed by atoms with Crippen molar-refractivity contribution in [2.24, 2.45) is 5.92 Å². The fourth-order valence-corrected chi connectivity index (χ4v) is 6.57. The van der Waals surface area contributed by atoms with Gasteiger partial charge in [0.25, 0.3) is 5.91 Å². The van der Waals surface area contributed by atoms with Gasteiger partial charge in [-0.2, -0.15) is 0 Å². The molecule has 272 valence electrons. The van der Waals surface area contributed by atoms with Crippen LogP contribution in [0.15, 0.2) is 66.8 Å². The van der Waals surface area contributed by atoms with Crippen LogP contribution in [0.4, 0.5) is 18.9 Å². The summed E-state index contributed by atoms with van der Waals surface area (Å²) in [6.45, 7) is 3.03. The number of benzene rings is 2. The van der Waals surface area contributed by atoms with E-state index in [2.05, 4.69) is 25.4 Å². The first-order valence-corrected chi connectivity index (χ1v) is 16.7. The predicted octanol–water partition coefficient (Wildman–Crippen LogP) is 5.11. The highest BCUT2D eigenvalue weighted by Gasteiger charge is 2.54. The zero-order valence-corrected chi connectivity index (χ0v) is 28.3. The topological polar surface area (TPSA) is 149 Å². The number of halogens is 3. The number of rotatable bonds is 15. The van der Waals surface area contributed by atoms with E-state index in [-0.39, 0.29) is 36.8 Å². The summed E-state index contributed by atoms with van der Waals surface area (Å²) in [7, 11) is 0. The molecule has 1 aliphatic carbocycles. The Hall–Kier alpha value is -4.67. The van der Waals surface area contributed by atoms with E-state index in [1.165, 1.54) is 4.90 Å². The Labute approximate surface area is 293 Å². The molecule has 0 saturated heterocycles. The van der Waals surface area contributed by atoms with Gasteiger partial charge >= 0.3 is 6.01 Å². The quantitative estimate of drug-likeness (QED) is 0.124. The van der Waals surface area contributed by atoms with Crippen molar-refractivity contribution in [2.45, 2.75) is 64.1 Å². The molecule has 5 rings (SSSR count). The number of allylic oxidation sites excluding steroid dienone is 3. The summed E-state index contributed by atoms with van der Waals surface area (Å²) in [6, 6.07) is 9.64. The lowest BCUT2D eigenvalue weighted by Gasteiger charge is -2.45. The van der Waals surface area contributed by atoms with Gasteiger partial charge in [-0.25, -0.2) is 23.1 Å². The first-order valence-electron chi connectivity index (χ1n) is 16.7. The molecule has 2 amide bonds. The fraction of sp³-hybridized carbons (Fsp3) is 0.389. The molecule has 0 spiro atoms. The molecule has 2 aromatic carbocycles. The van der Waals surface area contributed by atoms with E-state index < -0.39 is 58.9 Å². The highest BCUT2D eigenvalue weighted by Crippen LogP contribution is 2.45. The molecule has 4 N–H and O–H groups in total. The van der Waals surface area contributed by atoms with E-state index >= 15 is 0 Å². The molecule has 2 aliphatic rings. The number of anilines is 1. The minimum Gasteiger partial charge on any atom is -0.448 e. The number of carbonyl (C=O) groups is 2. The number of nitrogens with one attached hydrogen (secondary N) is 2. The molecule has 1 aromatic heterocycles. The molecule has 51 heavy (non-hydrogen) atoms. The van der Waals surface area contributed by atoms with Crippen molar-refractivity contribution in [1.82, 2.24) is 26.0 Å². The minimum absolute atomic E-state index is 0.0497. The molecule has 15 heteroatoms. The number of hydrogen-bond donors (Lipinski definition) is 4. The number of carbonyl (C=O) groups excluding carboxylic acids is 2. The number of ether oxygens (including phenoxy) is 1. The first kappa shape index (κ1) is 37.6. The van der Waals surface area contributed by atoms with Crippen LogP contribution in [0.3, 0.4) is 0 Å². The SMILES string of the molecule is Cc1cc(C)nc(O[C@H](C(=O)NCCCCCCON(O)O)[C@@]2(C3C=CC=CC3)NCC(=O)N(Cc3c(F)cc(F)cc3F)c3ccccc32)n1. The Kier molecular flexibility index (Phi) is 12.5. The van der Waals surface area contributed by atoms with E-state index in [4.69, 9.17) is 15.2 Å². The molecule has 0 saturated carbocycles. The van der Waals surface area contributed by atoms with Crippen molar-refractivity contribution in [3.63, 3.8) is 0 Å². The molecule has 3 atom stereocenters. The number of para-hydroxylation sites is 1. The van der Waals surface area contributed by atoms with E-state index in [9.17, 15) is 22.8 Å². The second-order valence-electron chi connectivity index (χ2n) is 12.4. The number of unbranched alkanes of at least 4 members (excludes halogenated alkanes) is 3. The highest BCUT2D eigenvalue weighted by atomic mass is 19.1. The number of aromatic nitrogens is 2. The molecule has 1 aliphatic heterocycles. The molecular formula is C36H41F3N6O6. The third-order valence-electron chi connectivity index (χ3n) is 8.88. The number of aryl methyl sites for hydroxylation is 2. The van der Waals surface area contributed by atoms with Crippen molar-refractivity contribution in [2.75, 3.05) is 24.6 Å². The van der Waals surface area contributed by atoms with Crippen molar-refractivity contribution >= 4 is 17.5 Å². The Morgan fingerprint density at radius 3 is 2.45 bits per heavy atom. The fourth-order valence-electron chi connectivity index (χ4n) is 6.57. The van der Waals surface area contributed by atoms with Gasteiger partial charge in [-0.05, 0) is 45.2 Å². The van der Waals surface area contributed by atoms with E-state index in [1.807, 2.05) is 24.3 Å². The van der Waals surface area contributed by atoms with Gasteiger partial charge in [0, 0.05) is 52.8 Å². The van der Waals surface area contributed by atoms with Crippen LogP contribution in [0.5, 0.6) is 6.01 Å². The summed E-state index contributed by atoms with van der Waals surface area (Å²) in [5, 5.41) is 23.4. The monoisotopic (exact) mass is 710 g/mol. The van der Waals surface area contributed by atoms with Crippen molar-refractivity contribution in [3.05, 3.63) is 107 Å². The molecule has 2 heterocycles. The summed E-state index contributed by atoms with van der Waals surface area (Å²) in [5.41, 5.74) is 0.0194. The minimum atomic E-state index is -1.45. The van der Waals surface area contributed by atoms with Gasteiger partial charge < -0.3 is 15.0 Å². The molecular weight excluding hydrogens is 669 g/mol. The smallest absolute Gasteiger partial charge is 0.317 e. The average Bonchev–Trinajstić information content (AvgIpc) is 3.20. The normalized spacial score (nSPS) is 19.2. The van der Waals surface area contributed by atoms with Gasteiger partial charge in [-0.15, -0.1) is 0 Å². The van der Waals surface area contributed by atoms with Gasteiger partial charge in [-0.1, -0.05) is 55.3 Å². The summed E-state index contributed by atoms with van der Waals surface area (Å²) in [6.07, 6.45) is 9.17. The van der Waals surface area contributed by atoms with Crippen LogP contribution in [0.25, 0.3) is 0 Å². The zero-order chi connectivity index (χ0) is 36.5. The zero-order valence-electron chi connectivity index (χ0n) is 28.3. The molecule has 12 nitrogen and oxygen atoms in total. The molecule has 0 radical (unpaired) electrons. The first-order chi connectivity index (χ1) is 24.5. The van der Waals surface area contributed by atoms with Gasteiger partial charge in [0.2, 0.25) is 12.0 Å². The largest absolute Gasteiger partial charge is 0.448 e. The van der Waals surface area contributed by atoms with Gasteiger partial charge in [0.05, 0.1) is 30.6 Å². The Bertz CT molecular complexity index is 1730. The van der Waals surface area contributed by atoms with Gasteiger partial charge in [0.15, 0.2) is 0 Å². The molecule has 0 fully saturated rings. The molecule has 3 aromatic rings. The van der Waals surface area contributed by atoms with Crippen LogP contribution in [0.2, 0.25) is 0 Å². The Balaban J connectivity index is 1.56. The lowest BCUT2D eigenvalue weighted by Crippen LogP contribution is -2.63. The number of hydrogen-bond acceptors (Lipinski definition) is 10. The summed E-state index contributed by atoms with van der Waals surface area (Å²) in [4.78, 5) is 43.1. The molecule has 1 unspecified atom stereocenters. The standard InChI is InChI=1S/C36H41F3N6O6/c1-23-18-24(2)43-35(42-23)51-33(34(47)40-16-10-3-4-11-17-50-45(48)49)36(25-12-6-5-7-13-25)28-14-8-9-15-31(28)44(32(46)21-41-36)22-27-29(38)19-26(37)20-30(27)39/h5-9,12,14-15,18-20,25,33,41,48-49H,3-4,10-11,13,16-17,21-22H2,1-2H3,(H,40,47)/t25?,33-,36+/m1/s1. The second kappa shape index (κ2) is 17.0. The van der Waals surface area contributed by atoms with Crippen LogP contribution < -0.4 is 20.3 Å². The number of amides is 2. The maximum absolute atomic E-state index is 15.0. The van der Waals surface area contributed by atoms with Crippen LogP contribution in [-0.2, 0) is 26.5 Å². The van der Waals surface area contributed by atoms with E-state index in [0.717, 1.165) is 0 Å². The van der Waals surface area contributed by atoms with Crippen LogP contribution in [-0.4, -0.2) is 63.4 Å². The average molecular weight is 711 g/mol. The third kappa shape index (κ3) is 8.98. The van der Waals surface area contributed by atoms with E-state index in [0.29, 0.717) is 61.2 Å². The predicted molar refractivity (Wildman–Crippen MR) is 179 cm³/mol. The number of fused-ring (bicyclic) bond motifs is 1. The van der Waals surface area contributed by atoms with Gasteiger partial charge in [0.1, 0.15) is 17.5 Å². The third-order valence-corrected chi connectivity index (χ3v) is 8.88. The second-order valence-corrected chi connectivity index (χ2v) is 12.4. The van der Waals surface area contributed by atoms with Crippen molar-refractivity contribution < 1.29 is 42.7 Å². The Morgan fingerprint density at radius 1 is 1.06 bits per heavy atom. The lowest BCUT2D eigenvalue weighted by atomic mass is 9.70. The molecule has 0 bridgehead atoms. The summed E-state index contributed by atoms with van der Waals surface area (Å²) >= 11 is 0. The lowest BCUT2D eigenvalue weighted by molar-refractivity contribution is -0.492. The van der Waals surface area contributed by atoms with Crippen molar-refractivity contribution in [3.8, 4) is 6.01 Å². The number of nitrogens with zero attached hydrogens (tertiary/aromatic N) is 4. The van der Waals surface area contributed by atoms with E-state index in [1.54, 1.807) is 44.2 Å². The van der Waals surface area contributed by atoms with Crippen molar-refractivity contribution in [1.29, 1.82) is 0 Å². The summed E-state index contributed by atoms with van der Waals surface area (Å²) in [5.74, 6) is -4.88. The Morgan fingerprint density at radius 2 is 1.76 bits per heavy atom.